The third-order valence-corrected chi connectivity index (χ3v) is 5.71. The number of rotatable bonds is 9. The molecule has 1 amide bonds. The van der Waals surface area contributed by atoms with E-state index in [-0.39, 0.29) is 36.5 Å². The molecule has 0 aliphatic heterocycles. The van der Waals surface area contributed by atoms with Gasteiger partial charge in [-0.25, -0.2) is 0 Å². The van der Waals surface area contributed by atoms with Gasteiger partial charge in [0.05, 0.1) is 6.42 Å². The molecule has 0 saturated heterocycles. The van der Waals surface area contributed by atoms with E-state index in [9.17, 15) is 14.4 Å². The van der Waals surface area contributed by atoms with Crippen molar-refractivity contribution < 1.29 is 19.1 Å². The highest BCUT2D eigenvalue weighted by molar-refractivity contribution is 5.96. The van der Waals surface area contributed by atoms with Crippen LogP contribution < -0.4 is 5.32 Å². The normalized spacial score (nSPS) is 16.2. The SMILES string of the molecule is Cc1ccc(C(=O)CC(C)(C)CC(=O)OC(C(=O)NC2CCCCC2)C(C)C)cc1. The number of ketones is 1. The van der Waals surface area contributed by atoms with Crippen molar-refractivity contribution in [1.29, 1.82) is 0 Å². The van der Waals surface area contributed by atoms with Crippen LogP contribution in [-0.4, -0.2) is 29.8 Å². The molecule has 1 aliphatic carbocycles. The Kier molecular flexibility index (Phi) is 8.63. The minimum atomic E-state index is -0.803. The third-order valence-electron chi connectivity index (χ3n) is 5.71. The summed E-state index contributed by atoms with van der Waals surface area (Å²) in [6.07, 6.45) is 4.96. The molecule has 2 rings (SSSR count). The molecule has 0 spiro atoms. The average Bonchev–Trinajstić information content (AvgIpc) is 2.66. The Bertz CT molecular complexity index is 730. The van der Waals surface area contributed by atoms with Crippen molar-refractivity contribution in [2.75, 3.05) is 0 Å². The van der Waals surface area contributed by atoms with Crippen LogP contribution in [0.3, 0.4) is 0 Å². The van der Waals surface area contributed by atoms with E-state index in [0.29, 0.717) is 5.56 Å². The van der Waals surface area contributed by atoms with Gasteiger partial charge in [0.2, 0.25) is 0 Å². The highest BCUT2D eigenvalue weighted by atomic mass is 16.5. The summed E-state index contributed by atoms with van der Waals surface area (Å²) < 4.78 is 5.59. The first-order valence-corrected chi connectivity index (χ1v) is 11.2. The van der Waals surface area contributed by atoms with E-state index in [0.717, 1.165) is 31.2 Å². The molecule has 1 aliphatic rings. The molecule has 1 aromatic rings. The van der Waals surface area contributed by atoms with Crippen molar-refractivity contribution in [2.45, 2.75) is 91.7 Å². The standard InChI is InChI=1S/C25H37NO4/c1-17(2)23(24(29)26-20-9-7-6-8-10-20)30-22(28)16-25(4,5)15-21(27)19-13-11-18(3)12-14-19/h11-14,17,20,23H,6-10,15-16H2,1-5H3,(H,26,29). The molecular formula is C25H37NO4. The largest absolute Gasteiger partial charge is 0.452 e. The van der Waals surface area contributed by atoms with Gasteiger partial charge in [-0.1, -0.05) is 76.8 Å². The molecule has 30 heavy (non-hydrogen) atoms. The molecule has 0 bridgehead atoms. The number of hydrogen-bond acceptors (Lipinski definition) is 4. The number of nitrogens with one attached hydrogen (secondary N) is 1. The fourth-order valence-corrected chi connectivity index (χ4v) is 3.94. The van der Waals surface area contributed by atoms with Crippen LogP contribution in [0.15, 0.2) is 24.3 Å². The van der Waals surface area contributed by atoms with Crippen LogP contribution in [0.25, 0.3) is 0 Å². The van der Waals surface area contributed by atoms with E-state index in [2.05, 4.69) is 5.32 Å². The summed E-state index contributed by atoms with van der Waals surface area (Å²) in [6, 6.07) is 7.63. The lowest BCUT2D eigenvalue weighted by molar-refractivity contribution is -0.160. The van der Waals surface area contributed by atoms with Gasteiger partial charge in [-0.05, 0) is 31.1 Å². The summed E-state index contributed by atoms with van der Waals surface area (Å²) in [5.74, 6) is -0.758. The number of carbonyl (C=O) groups is 3. The zero-order valence-corrected chi connectivity index (χ0v) is 19.1. The molecule has 0 radical (unpaired) electrons. The Hall–Kier alpha value is -2.17. The lowest BCUT2D eigenvalue weighted by Gasteiger charge is -2.28. The predicted octanol–water partition coefficient (Wildman–Crippen LogP) is 5.00. The van der Waals surface area contributed by atoms with Crippen molar-refractivity contribution >= 4 is 17.7 Å². The van der Waals surface area contributed by atoms with Crippen LogP contribution in [0.1, 0.15) is 88.6 Å². The first kappa shape index (κ1) is 24.1. The highest BCUT2D eigenvalue weighted by Gasteiger charge is 2.32. The van der Waals surface area contributed by atoms with E-state index in [4.69, 9.17) is 4.74 Å². The van der Waals surface area contributed by atoms with Crippen LogP contribution >= 0.6 is 0 Å². The second-order valence-electron chi connectivity index (χ2n) is 9.80. The molecule has 1 aromatic carbocycles. The maximum absolute atomic E-state index is 12.7. The quantitative estimate of drug-likeness (QED) is 0.455. The van der Waals surface area contributed by atoms with Gasteiger partial charge in [-0.2, -0.15) is 0 Å². The topological polar surface area (TPSA) is 72.5 Å². The molecule has 1 atom stereocenters. The first-order valence-electron chi connectivity index (χ1n) is 11.2. The zero-order chi connectivity index (χ0) is 22.3. The van der Waals surface area contributed by atoms with Gasteiger partial charge in [-0.3, -0.25) is 14.4 Å². The van der Waals surface area contributed by atoms with Crippen LogP contribution in [0.2, 0.25) is 0 Å². The molecular weight excluding hydrogens is 378 g/mol. The number of amides is 1. The van der Waals surface area contributed by atoms with Gasteiger partial charge in [0.1, 0.15) is 0 Å². The van der Waals surface area contributed by atoms with Crippen molar-refractivity contribution in [2.24, 2.45) is 11.3 Å². The van der Waals surface area contributed by atoms with Crippen molar-refractivity contribution in [3.05, 3.63) is 35.4 Å². The van der Waals surface area contributed by atoms with E-state index >= 15 is 0 Å². The fraction of sp³-hybridized carbons (Fsp3) is 0.640. The molecule has 1 unspecified atom stereocenters. The Balaban J connectivity index is 1.91. The third kappa shape index (κ3) is 7.58. The lowest BCUT2D eigenvalue weighted by Crippen LogP contribution is -2.46. The Morgan fingerprint density at radius 1 is 1.03 bits per heavy atom. The van der Waals surface area contributed by atoms with Crippen LogP contribution in [-0.2, 0) is 14.3 Å². The summed E-state index contributed by atoms with van der Waals surface area (Å²) in [6.45, 7) is 9.50. The van der Waals surface area contributed by atoms with Crippen molar-refractivity contribution in [1.82, 2.24) is 5.32 Å². The van der Waals surface area contributed by atoms with Crippen molar-refractivity contribution in [3.8, 4) is 0 Å². The number of Topliss-reactive ketones (excluding diaryl/α,β-unsaturated/α-hetero) is 1. The molecule has 166 valence electrons. The zero-order valence-electron chi connectivity index (χ0n) is 19.1. The lowest BCUT2D eigenvalue weighted by atomic mass is 9.82. The average molecular weight is 416 g/mol. The first-order chi connectivity index (χ1) is 14.1. The number of benzene rings is 1. The van der Waals surface area contributed by atoms with Crippen LogP contribution in [0, 0.1) is 18.3 Å². The number of ether oxygens (including phenoxy) is 1. The van der Waals surface area contributed by atoms with E-state index in [1.54, 1.807) is 0 Å². The summed E-state index contributed by atoms with van der Waals surface area (Å²) in [5, 5.41) is 3.06. The van der Waals surface area contributed by atoms with E-state index in [1.165, 1.54) is 6.42 Å². The van der Waals surface area contributed by atoms with Crippen molar-refractivity contribution in [3.63, 3.8) is 0 Å². The molecule has 5 nitrogen and oxygen atoms in total. The van der Waals surface area contributed by atoms with Gasteiger partial charge < -0.3 is 10.1 Å². The minimum absolute atomic E-state index is 0.00301. The smallest absolute Gasteiger partial charge is 0.307 e. The second-order valence-corrected chi connectivity index (χ2v) is 9.80. The molecule has 1 fully saturated rings. The van der Waals surface area contributed by atoms with Crippen LogP contribution in [0.5, 0.6) is 0 Å². The Labute approximate surface area is 181 Å². The van der Waals surface area contributed by atoms with E-state index < -0.39 is 17.5 Å². The predicted molar refractivity (Wildman–Crippen MR) is 118 cm³/mol. The van der Waals surface area contributed by atoms with Gasteiger partial charge in [0.25, 0.3) is 5.91 Å². The minimum Gasteiger partial charge on any atom is -0.452 e. The molecule has 0 heterocycles. The van der Waals surface area contributed by atoms with Gasteiger partial charge in [0, 0.05) is 18.0 Å². The maximum atomic E-state index is 12.7. The highest BCUT2D eigenvalue weighted by Crippen LogP contribution is 2.28. The molecule has 1 saturated carbocycles. The summed E-state index contributed by atoms with van der Waals surface area (Å²) in [4.78, 5) is 37.9. The Morgan fingerprint density at radius 3 is 2.20 bits per heavy atom. The number of carbonyl (C=O) groups excluding carboxylic acids is 3. The summed E-state index contributed by atoms with van der Waals surface area (Å²) >= 11 is 0. The molecule has 1 N–H and O–H groups in total. The van der Waals surface area contributed by atoms with Gasteiger partial charge in [0.15, 0.2) is 11.9 Å². The van der Waals surface area contributed by atoms with Crippen LogP contribution in [0.4, 0.5) is 0 Å². The second kappa shape index (κ2) is 10.7. The summed E-state index contributed by atoms with van der Waals surface area (Å²) in [5.41, 5.74) is 1.19. The summed E-state index contributed by atoms with van der Waals surface area (Å²) in [7, 11) is 0. The number of hydrogen-bond donors (Lipinski definition) is 1. The number of esters is 1. The monoisotopic (exact) mass is 415 g/mol. The van der Waals surface area contributed by atoms with E-state index in [1.807, 2.05) is 58.9 Å². The fourth-order valence-electron chi connectivity index (χ4n) is 3.94. The van der Waals surface area contributed by atoms with Gasteiger partial charge in [-0.15, -0.1) is 0 Å². The molecule has 0 aromatic heterocycles. The maximum Gasteiger partial charge on any atom is 0.307 e. The Morgan fingerprint density at radius 2 is 1.63 bits per heavy atom. The van der Waals surface area contributed by atoms with Gasteiger partial charge >= 0.3 is 5.97 Å². The number of aryl methyl sites for hydroxylation is 1. The molecule has 5 heteroatoms.